The summed E-state index contributed by atoms with van der Waals surface area (Å²) in [7, 11) is 0. The molecule has 22 heavy (non-hydrogen) atoms. The molecule has 0 aliphatic carbocycles. The van der Waals surface area contributed by atoms with Crippen LogP contribution in [0.3, 0.4) is 0 Å². The Balaban J connectivity index is 2.67. The molecule has 0 aliphatic heterocycles. The standard InChI is InChI=1S/C18H27N3O/c1-13(2)17(15-9-7-6-8-10-15)20-11-16(22)21-18(5,12-19)14(3)4/h6-10,13-14,17,20H,11H2,1-5H3,(H,21,22)/p+1/t17-,18+/m1/s1. The highest BCUT2D eigenvalue weighted by molar-refractivity contribution is 5.78. The molecule has 0 aromatic heterocycles. The van der Waals surface area contributed by atoms with E-state index in [1.165, 1.54) is 5.56 Å². The minimum atomic E-state index is -0.814. The fourth-order valence-corrected chi connectivity index (χ4v) is 2.34. The van der Waals surface area contributed by atoms with E-state index in [1.54, 1.807) is 6.92 Å². The Morgan fingerprint density at radius 3 is 2.32 bits per heavy atom. The van der Waals surface area contributed by atoms with Gasteiger partial charge < -0.3 is 10.6 Å². The van der Waals surface area contributed by atoms with E-state index in [2.05, 4.69) is 37.4 Å². The second kappa shape index (κ2) is 7.95. The molecule has 1 amide bonds. The minimum Gasteiger partial charge on any atom is -0.333 e. The maximum atomic E-state index is 12.2. The molecule has 3 N–H and O–H groups in total. The first-order valence-electron chi connectivity index (χ1n) is 7.90. The Morgan fingerprint density at radius 1 is 1.27 bits per heavy atom. The van der Waals surface area contributed by atoms with Crippen molar-refractivity contribution in [2.24, 2.45) is 11.8 Å². The number of nitrogens with zero attached hydrogens (tertiary/aromatic N) is 1. The van der Waals surface area contributed by atoms with Gasteiger partial charge in [-0.2, -0.15) is 5.26 Å². The Morgan fingerprint density at radius 2 is 1.86 bits per heavy atom. The number of nitriles is 1. The fraction of sp³-hybridized carbons (Fsp3) is 0.556. The summed E-state index contributed by atoms with van der Waals surface area (Å²) in [5, 5.41) is 14.2. The van der Waals surface area contributed by atoms with Crippen LogP contribution < -0.4 is 10.6 Å². The first-order chi connectivity index (χ1) is 10.3. The van der Waals surface area contributed by atoms with Crippen LogP contribution in [0.25, 0.3) is 0 Å². The lowest BCUT2D eigenvalue weighted by atomic mass is 9.90. The number of amides is 1. The van der Waals surface area contributed by atoms with Gasteiger partial charge in [-0.15, -0.1) is 0 Å². The Bertz CT molecular complexity index is 519. The van der Waals surface area contributed by atoms with E-state index < -0.39 is 5.54 Å². The molecule has 0 spiro atoms. The zero-order chi connectivity index (χ0) is 16.8. The van der Waals surface area contributed by atoms with Crippen molar-refractivity contribution >= 4 is 5.91 Å². The summed E-state index contributed by atoms with van der Waals surface area (Å²) in [6.45, 7) is 10.3. The van der Waals surface area contributed by atoms with Gasteiger partial charge in [0, 0.05) is 11.5 Å². The smallest absolute Gasteiger partial charge is 0.276 e. The third kappa shape index (κ3) is 4.85. The number of hydrogen-bond acceptors (Lipinski definition) is 2. The van der Waals surface area contributed by atoms with Crippen LogP contribution in [-0.4, -0.2) is 18.0 Å². The highest BCUT2D eigenvalue weighted by atomic mass is 16.2. The van der Waals surface area contributed by atoms with Crippen molar-refractivity contribution in [2.75, 3.05) is 6.54 Å². The van der Waals surface area contributed by atoms with Crippen LogP contribution in [0, 0.1) is 23.2 Å². The number of rotatable bonds is 7. The van der Waals surface area contributed by atoms with Crippen molar-refractivity contribution in [1.82, 2.24) is 5.32 Å². The molecule has 0 fully saturated rings. The largest absolute Gasteiger partial charge is 0.333 e. The van der Waals surface area contributed by atoms with Gasteiger partial charge in [-0.1, -0.05) is 58.0 Å². The van der Waals surface area contributed by atoms with Crippen molar-refractivity contribution in [2.45, 2.75) is 46.2 Å². The van der Waals surface area contributed by atoms with E-state index >= 15 is 0 Å². The number of carbonyl (C=O) groups excluding carboxylic acids is 1. The predicted molar refractivity (Wildman–Crippen MR) is 87.8 cm³/mol. The molecule has 0 radical (unpaired) electrons. The second-order valence-electron chi connectivity index (χ2n) is 6.64. The zero-order valence-electron chi connectivity index (χ0n) is 14.3. The summed E-state index contributed by atoms with van der Waals surface area (Å²) in [6.07, 6.45) is 0. The van der Waals surface area contributed by atoms with Gasteiger partial charge in [-0.3, -0.25) is 4.79 Å². The van der Waals surface area contributed by atoms with E-state index in [0.29, 0.717) is 12.5 Å². The van der Waals surface area contributed by atoms with E-state index in [1.807, 2.05) is 37.4 Å². The number of nitrogens with one attached hydrogen (secondary N) is 1. The summed E-state index contributed by atoms with van der Waals surface area (Å²) in [5.41, 5.74) is 0.405. The van der Waals surface area contributed by atoms with Gasteiger partial charge >= 0.3 is 0 Å². The molecule has 1 rings (SSSR count). The minimum absolute atomic E-state index is 0.0662. The van der Waals surface area contributed by atoms with Crippen LogP contribution in [0.4, 0.5) is 0 Å². The van der Waals surface area contributed by atoms with Crippen molar-refractivity contribution in [3.63, 3.8) is 0 Å². The molecule has 120 valence electrons. The normalized spacial score (nSPS) is 15.2. The number of hydrogen-bond donors (Lipinski definition) is 2. The summed E-state index contributed by atoms with van der Waals surface area (Å²) in [4.78, 5) is 12.2. The lowest BCUT2D eigenvalue weighted by Crippen LogP contribution is -2.88. The van der Waals surface area contributed by atoms with E-state index in [-0.39, 0.29) is 17.9 Å². The maximum absolute atomic E-state index is 12.2. The highest BCUT2D eigenvalue weighted by Crippen LogP contribution is 2.17. The van der Waals surface area contributed by atoms with Crippen molar-refractivity contribution in [3.8, 4) is 6.07 Å². The van der Waals surface area contributed by atoms with Gasteiger partial charge in [0.15, 0.2) is 6.54 Å². The Labute approximate surface area is 133 Å². The van der Waals surface area contributed by atoms with Crippen LogP contribution in [0.5, 0.6) is 0 Å². The van der Waals surface area contributed by atoms with Crippen molar-refractivity contribution in [3.05, 3.63) is 35.9 Å². The molecule has 0 aliphatic rings. The molecule has 0 unspecified atom stereocenters. The first-order valence-corrected chi connectivity index (χ1v) is 7.90. The molecule has 0 heterocycles. The number of quaternary nitrogens is 1. The topological polar surface area (TPSA) is 69.5 Å². The molecule has 2 atom stereocenters. The molecule has 0 saturated heterocycles. The molecule has 0 saturated carbocycles. The molecule has 4 heteroatoms. The summed E-state index contributed by atoms with van der Waals surface area (Å²) in [5.74, 6) is 0.387. The van der Waals surface area contributed by atoms with Crippen LogP contribution >= 0.6 is 0 Å². The van der Waals surface area contributed by atoms with Gasteiger partial charge in [-0.25, -0.2) is 0 Å². The van der Waals surface area contributed by atoms with Crippen LogP contribution in [-0.2, 0) is 4.79 Å². The average Bonchev–Trinajstić information content (AvgIpc) is 2.47. The molecule has 4 nitrogen and oxygen atoms in total. The quantitative estimate of drug-likeness (QED) is 0.809. The third-order valence-corrected chi connectivity index (χ3v) is 4.25. The number of carbonyl (C=O) groups is 1. The van der Waals surface area contributed by atoms with Crippen molar-refractivity contribution in [1.29, 1.82) is 5.26 Å². The third-order valence-electron chi connectivity index (χ3n) is 4.25. The molecule has 1 aromatic carbocycles. The fourth-order valence-electron chi connectivity index (χ4n) is 2.34. The molecular weight excluding hydrogens is 274 g/mol. The van der Waals surface area contributed by atoms with Gasteiger partial charge in [-0.05, 0) is 12.8 Å². The van der Waals surface area contributed by atoms with E-state index in [4.69, 9.17) is 0 Å². The zero-order valence-corrected chi connectivity index (χ0v) is 14.3. The lowest BCUT2D eigenvalue weighted by Gasteiger charge is -2.27. The van der Waals surface area contributed by atoms with Gasteiger partial charge in [0.2, 0.25) is 0 Å². The predicted octanol–water partition coefficient (Wildman–Crippen LogP) is 2.00. The van der Waals surface area contributed by atoms with E-state index in [9.17, 15) is 10.1 Å². The SMILES string of the molecule is CC(C)[C@@H]([NH2+]CC(=O)N[C@@](C)(C#N)C(C)C)c1ccccc1. The lowest BCUT2D eigenvalue weighted by molar-refractivity contribution is -0.692. The van der Waals surface area contributed by atoms with Crippen LogP contribution in [0.1, 0.15) is 46.2 Å². The average molecular weight is 302 g/mol. The van der Waals surface area contributed by atoms with Gasteiger partial charge in [0.1, 0.15) is 11.6 Å². The molecule has 1 aromatic rings. The molecular formula is C18H28N3O+. The first kappa shape index (κ1) is 18.2. The maximum Gasteiger partial charge on any atom is 0.276 e. The van der Waals surface area contributed by atoms with Crippen LogP contribution in [0.2, 0.25) is 0 Å². The van der Waals surface area contributed by atoms with E-state index in [0.717, 1.165) is 0 Å². The Hall–Kier alpha value is -1.86. The Kier molecular flexibility index (Phi) is 6.58. The highest BCUT2D eigenvalue weighted by Gasteiger charge is 2.31. The summed E-state index contributed by atoms with van der Waals surface area (Å²) >= 11 is 0. The number of nitrogens with two attached hydrogens (primary N) is 1. The number of benzene rings is 1. The van der Waals surface area contributed by atoms with Gasteiger partial charge in [0.05, 0.1) is 6.07 Å². The van der Waals surface area contributed by atoms with Gasteiger partial charge in [0.25, 0.3) is 5.91 Å². The van der Waals surface area contributed by atoms with Crippen LogP contribution in [0.15, 0.2) is 30.3 Å². The summed E-state index contributed by atoms with van der Waals surface area (Å²) < 4.78 is 0. The second-order valence-corrected chi connectivity index (χ2v) is 6.64. The summed E-state index contributed by atoms with van der Waals surface area (Å²) in [6, 6.07) is 12.7. The molecule has 0 bridgehead atoms. The van der Waals surface area contributed by atoms with Crippen molar-refractivity contribution < 1.29 is 10.1 Å². The monoisotopic (exact) mass is 302 g/mol.